The van der Waals surface area contributed by atoms with Gasteiger partial charge in [-0.2, -0.15) is 4.37 Å². The number of hydrogen-bond acceptors (Lipinski definition) is 4. The summed E-state index contributed by atoms with van der Waals surface area (Å²) < 4.78 is 17.2. The Kier molecular flexibility index (Phi) is 4.25. The molecule has 18 heavy (non-hydrogen) atoms. The first-order valence-electron chi connectivity index (χ1n) is 6.00. The SMILES string of the molecule is CCc1nsc(NCCc2ccc(F)cc2C)n1. The first kappa shape index (κ1) is 13.0. The van der Waals surface area contributed by atoms with E-state index in [0.717, 1.165) is 41.5 Å². The van der Waals surface area contributed by atoms with Crippen molar-refractivity contribution in [1.82, 2.24) is 9.36 Å². The number of hydrogen-bond donors (Lipinski definition) is 1. The number of nitrogens with zero attached hydrogens (tertiary/aromatic N) is 2. The van der Waals surface area contributed by atoms with Crippen molar-refractivity contribution in [2.45, 2.75) is 26.7 Å². The lowest BCUT2D eigenvalue weighted by atomic mass is 10.1. The van der Waals surface area contributed by atoms with Gasteiger partial charge in [-0.3, -0.25) is 0 Å². The van der Waals surface area contributed by atoms with Crippen molar-refractivity contribution in [1.29, 1.82) is 0 Å². The number of benzene rings is 1. The molecule has 1 aromatic heterocycles. The first-order chi connectivity index (χ1) is 8.69. The van der Waals surface area contributed by atoms with Crippen LogP contribution in [0.2, 0.25) is 0 Å². The third-order valence-electron chi connectivity index (χ3n) is 2.76. The van der Waals surface area contributed by atoms with Gasteiger partial charge in [-0.05, 0) is 36.6 Å². The van der Waals surface area contributed by atoms with Crippen LogP contribution >= 0.6 is 11.5 Å². The lowest BCUT2D eigenvalue weighted by molar-refractivity contribution is 0.625. The summed E-state index contributed by atoms with van der Waals surface area (Å²) in [5.41, 5.74) is 2.15. The Morgan fingerprint density at radius 2 is 2.22 bits per heavy atom. The van der Waals surface area contributed by atoms with Gasteiger partial charge in [-0.1, -0.05) is 13.0 Å². The minimum atomic E-state index is -0.180. The van der Waals surface area contributed by atoms with Crippen LogP contribution in [0.15, 0.2) is 18.2 Å². The number of aryl methyl sites for hydroxylation is 2. The molecule has 1 N–H and O–H groups in total. The van der Waals surface area contributed by atoms with Gasteiger partial charge in [0, 0.05) is 24.5 Å². The molecule has 0 aliphatic heterocycles. The van der Waals surface area contributed by atoms with Gasteiger partial charge in [0.2, 0.25) is 5.13 Å². The molecular formula is C13H16FN3S. The third kappa shape index (κ3) is 3.26. The molecule has 0 spiro atoms. The summed E-state index contributed by atoms with van der Waals surface area (Å²) in [6.45, 7) is 4.75. The molecule has 5 heteroatoms. The maximum atomic E-state index is 12.9. The maximum absolute atomic E-state index is 12.9. The van der Waals surface area contributed by atoms with Crippen LogP contribution in [0.4, 0.5) is 9.52 Å². The molecule has 2 aromatic rings. The molecule has 0 radical (unpaired) electrons. The Hall–Kier alpha value is -1.49. The molecule has 1 aromatic carbocycles. The summed E-state index contributed by atoms with van der Waals surface area (Å²) in [4.78, 5) is 4.33. The topological polar surface area (TPSA) is 37.8 Å². The Labute approximate surface area is 110 Å². The molecular weight excluding hydrogens is 249 g/mol. The van der Waals surface area contributed by atoms with Gasteiger partial charge >= 0.3 is 0 Å². The van der Waals surface area contributed by atoms with E-state index in [1.54, 1.807) is 6.07 Å². The van der Waals surface area contributed by atoms with Crippen LogP contribution in [0, 0.1) is 12.7 Å². The van der Waals surface area contributed by atoms with E-state index >= 15 is 0 Å². The van der Waals surface area contributed by atoms with Crippen LogP contribution in [0.5, 0.6) is 0 Å². The van der Waals surface area contributed by atoms with Crippen molar-refractivity contribution in [3.8, 4) is 0 Å². The molecule has 2 rings (SSSR count). The summed E-state index contributed by atoms with van der Waals surface area (Å²) in [5.74, 6) is 0.696. The number of halogens is 1. The van der Waals surface area contributed by atoms with Crippen LogP contribution in [0.3, 0.4) is 0 Å². The highest BCUT2D eigenvalue weighted by Crippen LogP contribution is 2.13. The fourth-order valence-corrected chi connectivity index (χ4v) is 2.39. The van der Waals surface area contributed by atoms with Gasteiger partial charge < -0.3 is 5.32 Å². The van der Waals surface area contributed by atoms with E-state index in [-0.39, 0.29) is 5.82 Å². The van der Waals surface area contributed by atoms with Crippen molar-refractivity contribution in [2.24, 2.45) is 0 Å². The monoisotopic (exact) mass is 265 g/mol. The van der Waals surface area contributed by atoms with Crippen molar-refractivity contribution in [2.75, 3.05) is 11.9 Å². The predicted molar refractivity (Wildman–Crippen MR) is 72.6 cm³/mol. The number of aromatic nitrogens is 2. The summed E-state index contributed by atoms with van der Waals surface area (Å²) in [6, 6.07) is 4.90. The molecule has 96 valence electrons. The Balaban J connectivity index is 1.88. The second-order valence-corrected chi connectivity index (χ2v) is 4.87. The zero-order chi connectivity index (χ0) is 13.0. The fourth-order valence-electron chi connectivity index (χ4n) is 1.71. The van der Waals surface area contributed by atoms with Crippen LogP contribution in [0.1, 0.15) is 23.9 Å². The van der Waals surface area contributed by atoms with Crippen molar-refractivity contribution in [3.63, 3.8) is 0 Å². The van der Waals surface area contributed by atoms with Crippen LogP contribution in [-0.2, 0) is 12.8 Å². The van der Waals surface area contributed by atoms with E-state index in [1.165, 1.54) is 17.6 Å². The lowest BCUT2D eigenvalue weighted by Gasteiger charge is -2.06. The zero-order valence-electron chi connectivity index (χ0n) is 10.5. The zero-order valence-corrected chi connectivity index (χ0v) is 11.4. The van der Waals surface area contributed by atoms with E-state index in [1.807, 2.05) is 19.9 Å². The molecule has 0 saturated carbocycles. The van der Waals surface area contributed by atoms with Crippen molar-refractivity contribution >= 4 is 16.7 Å². The van der Waals surface area contributed by atoms with E-state index in [4.69, 9.17) is 0 Å². The summed E-state index contributed by atoms with van der Waals surface area (Å²) in [5, 5.41) is 4.09. The van der Waals surface area contributed by atoms with E-state index in [0.29, 0.717) is 0 Å². The third-order valence-corrected chi connectivity index (χ3v) is 3.47. The highest BCUT2D eigenvalue weighted by molar-refractivity contribution is 7.09. The molecule has 0 amide bonds. The average molecular weight is 265 g/mol. The number of rotatable bonds is 5. The molecule has 0 fully saturated rings. The smallest absolute Gasteiger partial charge is 0.202 e. The Bertz CT molecular complexity index is 525. The summed E-state index contributed by atoms with van der Waals surface area (Å²) >= 11 is 1.38. The van der Waals surface area contributed by atoms with Crippen molar-refractivity contribution < 1.29 is 4.39 Å². The van der Waals surface area contributed by atoms with Gasteiger partial charge in [0.15, 0.2) is 0 Å². The fraction of sp³-hybridized carbons (Fsp3) is 0.385. The minimum Gasteiger partial charge on any atom is -0.360 e. The highest BCUT2D eigenvalue weighted by Gasteiger charge is 2.03. The normalized spacial score (nSPS) is 10.6. The van der Waals surface area contributed by atoms with Crippen LogP contribution in [-0.4, -0.2) is 15.9 Å². The largest absolute Gasteiger partial charge is 0.360 e. The lowest BCUT2D eigenvalue weighted by Crippen LogP contribution is -2.05. The standard InChI is InChI=1S/C13H16FN3S/c1-3-12-16-13(18-17-12)15-7-6-10-4-5-11(14)8-9(10)2/h4-5,8H,3,6-7H2,1-2H3,(H,15,16,17). The number of anilines is 1. The average Bonchev–Trinajstić information content (AvgIpc) is 2.80. The van der Waals surface area contributed by atoms with E-state index in [9.17, 15) is 4.39 Å². The van der Waals surface area contributed by atoms with Gasteiger partial charge in [0.1, 0.15) is 11.6 Å². The summed E-state index contributed by atoms with van der Waals surface area (Å²) in [7, 11) is 0. The van der Waals surface area contributed by atoms with E-state index in [2.05, 4.69) is 14.7 Å². The van der Waals surface area contributed by atoms with Gasteiger partial charge in [-0.25, -0.2) is 9.37 Å². The molecule has 0 saturated heterocycles. The highest BCUT2D eigenvalue weighted by atomic mass is 32.1. The maximum Gasteiger partial charge on any atom is 0.202 e. The van der Waals surface area contributed by atoms with Crippen LogP contribution in [0.25, 0.3) is 0 Å². The second kappa shape index (κ2) is 5.91. The molecule has 0 aliphatic rings. The Morgan fingerprint density at radius 3 is 2.89 bits per heavy atom. The minimum absolute atomic E-state index is 0.180. The number of nitrogens with one attached hydrogen (secondary N) is 1. The molecule has 0 aliphatic carbocycles. The van der Waals surface area contributed by atoms with Crippen LogP contribution < -0.4 is 5.32 Å². The second-order valence-electron chi connectivity index (χ2n) is 4.12. The molecule has 3 nitrogen and oxygen atoms in total. The summed E-state index contributed by atoms with van der Waals surface area (Å²) in [6.07, 6.45) is 1.71. The molecule has 1 heterocycles. The molecule has 0 atom stereocenters. The van der Waals surface area contributed by atoms with Gasteiger partial charge in [-0.15, -0.1) is 0 Å². The van der Waals surface area contributed by atoms with Gasteiger partial charge in [0.25, 0.3) is 0 Å². The van der Waals surface area contributed by atoms with Gasteiger partial charge in [0.05, 0.1) is 0 Å². The molecule has 0 bridgehead atoms. The quantitative estimate of drug-likeness (QED) is 0.902. The molecule has 0 unspecified atom stereocenters. The van der Waals surface area contributed by atoms with E-state index < -0.39 is 0 Å². The first-order valence-corrected chi connectivity index (χ1v) is 6.78. The Morgan fingerprint density at radius 1 is 1.39 bits per heavy atom. The van der Waals surface area contributed by atoms with Crippen molar-refractivity contribution in [3.05, 3.63) is 41.0 Å². The predicted octanol–water partition coefficient (Wildman–Crippen LogP) is 3.20.